The van der Waals surface area contributed by atoms with Gasteiger partial charge < -0.3 is 16.2 Å². The second-order valence-corrected chi connectivity index (χ2v) is 12.5. The molecule has 0 aromatic heterocycles. The van der Waals surface area contributed by atoms with Crippen LogP contribution in [0.5, 0.6) is 0 Å². The Morgan fingerprint density at radius 1 is 0.415 bits per heavy atom. The fraction of sp³-hybridized carbons (Fsp3) is 0.368. The first-order chi connectivity index (χ1) is 19.5. The Hall–Kier alpha value is -3.56. The van der Waals surface area contributed by atoms with Crippen molar-refractivity contribution in [1.29, 1.82) is 0 Å². The van der Waals surface area contributed by atoms with Gasteiger partial charge in [-0.2, -0.15) is 0 Å². The summed E-state index contributed by atoms with van der Waals surface area (Å²) in [6.07, 6.45) is -0.594. The highest BCUT2D eigenvalue weighted by molar-refractivity contribution is 5.50. The van der Waals surface area contributed by atoms with E-state index in [1.807, 2.05) is 24.3 Å². The van der Waals surface area contributed by atoms with Gasteiger partial charge >= 0.3 is 0 Å². The van der Waals surface area contributed by atoms with Crippen LogP contribution in [0.2, 0.25) is 0 Å². The summed E-state index contributed by atoms with van der Waals surface area (Å²) in [5.41, 5.74) is 23.8. The van der Waals surface area contributed by atoms with Crippen molar-refractivity contribution in [2.45, 2.75) is 91.3 Å². The Labute approximate surface area is 248 Å². The lowest BCUT2D eigenvalue weighted by Gasteiger charge is -2.34. The summed E-state index contributed by atoms with van der Waals surface area (Å²) >= 11 is 0. The first-order valence-electron chi connectivity index (χ1n) is 15.1. The minimum absolute atomic E-state index is 0.297. The van der Waals surface area contributed by atoms with E-state index in [0.29, 0.717) is 23.7 Å². The molecule has 41 heavy (non-hydrogen) atoms. The van der Waals surface area contributed by atoms with Gasteiger partial charge in [0, 0.05) is 11.4 Å². The molecule has 0 aliphatic carbocycles. The summed E-state index contributed by atoms with van der Waals surface area (Å²) in [6.45, 7) is 18.2. The molecule has 3 heteroatoms. The fourth-order valence-electron chi connectivity index (χ4n) is 5.93. The van der Waals surface area contributed by atoms with Crippen molar-refractivity contribution in [2.75, 3.05) is 11.5 Å². The van der Waals surface area contributed by atoms with Crippen molar-refractivity contribution in [1.82, 2.24) is 0 Å². The van der Waals surface area contributed by atoms with E-state index in [4.69, 9.17) is 16.2 Å². The molecule has 0 heterocycles. The lowest BCUT2D eigenvalue weighted by molar-refractivity contribution is 0.0285. The van der Waals surface area contributed by atoms with Gasteiger partial charge in [0.05, 0.1) is 0 Å². The van der Waals surface area contributed by atoms with E-state index in [2.05, 4.69) is 116 Å². The van der Waals surface area contributed by atoms with Crippen molar-refractivity contribution in [3.05, 3.63) is 129 Å². The Morgan fingerprint density at radius 3 is 0.927 bits per heavy atom. The van der Waals surface area contributed by atoms with Gasteiger partial charge in [-0.15, -0.1) is 0 Å². The molecule has 0 saturated carbocycles. The zero-order valence-electron chi connectivity index (χ0n) is 26.1. The third-order valence-corrected chi connectivity index (χ3v) is 8.11. The first kappa shape index (κ1) is 30.4. The molecule has 4 aromatic rings. The first-order valence-corrected chi connectivity index (χ1v) is 15.1. The van der Waals surface area contributed by atoms with Crippen LogP contribution in [0.1, 0.15) is 136 Å². The quantitative estimate of drug-likeness (QED) is 0.194. The molecule has 4 N–H and O–H groups in total. The van der Waals surface area contributed by atoms with Crippen molar-refractivity contribution in [3.8, 4) is 0 Å². The number of ether oxygens (including phenoxy) is 1. The molecule has 0 spiro atoms. The molecule has 0 aliphatic rings. The van der Waals surface area contributed by atoms with Gasteiger partial charge in [0.25, 0.3) is 0 Å². The predicted octanol–water partition coefficient (Wildman–Crippen LogP) is 10.2. The molecule has 4 aromatic carbocycles. The van der Waals surface area contributed by atoms with Gasteiger partial charge in [-0.05, 0) is 92.4 Å². The number of rotatable bonds is 10. The standard InChI is InChI=1S/C38H48N2O/c1-23(2)31-11-9-12-32(24(3)4)35(31)37(27-15-19-29(39)20-16-27)41-38(28-17-21-30(40)22-18-28)36-33(25(5)6)13-10-14-34(36)26(7)8/h9-26,37-38H,39-40H2,1-8H3. The minimum atomic E-state index is -0.297. The molecule has 2 atom stereocenters. The highest BCUT2D eigenvalue weighted by Gasteiger charge is 2.31. The van der Waals surface area contributed by atoms with Crippen LogP contribution in [0.15, 0.2) is 84.9 Å². The van der Waals surface area contributed by atoms with Gasteiger partial charge in [0.2, 0.25) is 0 Å². The summed E-state index contributed by atoms with van der Waals surface area (Å²) in [4.78, 5) is 0. The lowest BCUT2D eigenvalue weighted by atomic mass is 9.82. The number of hydrogen-bond acceptors (Lipinski definition) is 3. The van der Waals surface area contributed by atoms with Crippen LogP contribution in [-0.2, 0) is 4.74 Å². The predicted molar refractivity (Wildman–Crippen MR) is 176 cm³/mol. The molecule has 0 saturated heterocycles. The van der Waals surface area contributed by atoms with Gasteiger partial charge in [-0.1, -0.05) is 116 Å². The Bertz CT molecular complexity index is 1270. The molecular formula is C38H48N2O. The molecule has 4 rings (SSSR count). The van der Waals surface area contributed by atoms with Crippen LogP contribution in [-0.4, -0.2) is 0 Å². The van der Waals surface area contributed by atoms with E-state index in [-0.39, 0.29) is 12.2 Å². The molecule has 0 bridgehead atoms. The maximum Gasteiger partial charge on any atom is 0.109 e. The van der Waals surface area contributed by atoms with Crippen LogP contribution in [0, 0.1) is 0 Å². The third kappa shape index (κ3) is 6.68. The van der Waals surface area contributed by atoms with Gasteiger partial charge in [0.15, 0.2) is 0 Å². The average molecular weight is 549 g/mol. The van der Waals surface area contributed by atoms with Crippen molar-refractivity contribution >= 4 is 11.4 Å². The molecule has 0 aliphatic heterocycles. The summed E-state index contributed by atoms with van der Waals surface area (Å²) < 4.78 is 7.56. The molecular weight excluding hydrogens is 500 g/mol. The highest BCUT2D eigenvalue weighted by atomic mass is 16.5. The van der Waals surface area contributed by atoms with E-state index in [1.54, 1.807) is 0 Å². The fourth-order valence-corrected chi connectivity index (χ4v) is 5.93. The molecule has 216 valence electrons. The highest BCUT2D eigenvalue weighted by Crippen LogP contribution is 2.45. The number of anilines is 2. The zero-order valence-corrected chi connectivity index (χ0v) is 26.1. The third-order valence-electron chi connectivity index (χ3n) is 8.11. The van der Waals surface area contributed by atoms with Crippen LogP contribution < -0.4 is 11.5 Å². The second-order valence-electron chi connectivity index (χ2n) is 12.5. The Kier molecular flexibility index (Phi) is 9.60. The summed E-state index contributed by atoms with van der Waals surface area (Å²) in [5, 5.41) is 0. The maximum atomic E-state index is 7.56. The SMILES string of the molecule is CC(C)c1cccc(C(C)C)c1C(OC(c1ccc(N)cc1)c1c(C(C)C)cccc1C(C)C)c1ccc(N)cc1. The van der Waals surface area contributed by atoms with Crippen LogP contribution in [0.3, 0.4) is 0 Å². The molecule has 0 amide bonds. The molecule has 0 fully saturated rings. The lowest BCUT2D eigenvalue weighted by Crippen LogP contribution is -2.20. The van der Waals surface area contributed by atoms with Crippen LogP contribution >= 0.6 is 0 Å². The van der Waals surface area contributed by atoms with Gasteiger partial charge in [-0.25, -0.2) is 0 Å². The number of nitrogens with two attached hydrogens (primary N) is 2. The van der Waals surface area contributed by atoms with Crippen molar-refractivity contribution in [3.63, 3.8) is 0 Å². The molecule has 2 unspecified atom stereocenters. The number of nitrogen functional groups attached to an aromatic ring is 2. The van der Waals surface area contributed by atoms with Crippen molar-refractivity contribution < 1.29 is 4.74 Å². The normalized spacial score (nSPS) is 13.4. The average Bonchev–Trinajstić information content (AvgIpc) is 2.94. The number of benzene rings is 4. The van der Waals surface area contributed by atoms with Gasteiger partial charge in [0.1, 0.15) is 12.2 Å². The summed E-state index contributed by atoms with van der Waals surface area (Å²) in [5.74, 6) is 1.36. The van der Waals surface area contributed by atoms with Crippen LogP contribution in [0.4, 0.5) is 11.4 Å². The Balaban J connectivity index is 2.05. The summed E-state index contributed by atoms with van der Waals surface area (Å²) in [7, 11) is 0. The van der Waals surface area contributed by atoms with Crippen LogP contribution in [0.25, 0.3) is 0 Å². The van der Waals surface area contributed by atoms with E-state index in [1.165, 1.54) is 33.4 Å². The van der Waals surface area contributed by atoms with E-state index >= 15 is 0 Å². The van der Waals surface area contributed by atoms with Crippen molar-refractivity contribution in [2.24, 2.45) is 0 Å². The monoisotopic (exact) mass is 548 g/mol. The largest absolute Gasteiger partial charge is 0.399 e. The number of hydrogen-bond donors (Lipinski definition) is 2. The molecule has 3 nitrogen and oxygen atoms in total. The second kappa shape index (κ2) is 13.0. The smallest absolute Gasteiger partial charge is 0.109 e. The maximum absolute atomic E-state index is 7.56. The van der Waals surface area contributed by atoms with E-state index < -0.39 is 0 Å². The Morgan fingerprint density at radius 2 is 0.683 bits per heavy atom. The van der Waals surface area contributed by atoms with E-state index in [9.17, 15) is 0 Å². The molecule has 0 radical (unpaired) electrons. The summed E-state index contributed by atoms with van der Waals surface area (Å²) in [6, 6.07) is 29.9. The topological polar surface area (TPSA) is 61.3 Å². The zero-order chi connectivity index (χ0) is 29.8. The minimum Gasteiger partial charge on any atom is -0.399 e. The van der Waals surface area contributed by atoms with E-state index in [0.717, 1.165) is 22.5 Å². The van der Waals surface area contributed by atoms with Gasteiger partial charge in [-0.3, -0.25) is 0 Å².